The Labute approximate surface area is 133 Å². The molecule has 2 heterocycles. The first-order valence-electron chi connectivity index (χ1n) is 7.26. The van der Waals surface area contributed by atoms with Gasteiger partial charge >= 0.3 is 12.1 Å². The molecule has 2 aliphatic heterocycles. The predicted molar refractivity (Wildman–Crippen MR) is 80.5 cm³/mol. The summed E-state index contributed by atoms with van der Waals surface area (Å²) in [4.78, 5) is 24.5. The molecule has 124 valence electrons. The van der Waals surface area contributed by atoms with Crippen molar-refractivity contribution in [3.8, 4) is 0 Å². The third kappa shape index (κ3) is 2.56. The number of benzene rings is 1. The lowest BCUT2D eigenvalue weighted by molar-refractivity contribution is -0.144. The maximum Gasteiger partial charge on any atom is 0.410 e. The van der Waals surface area contributed by atoms with Crippen LogP contribution in [0.3, 0.4) is 0 Å². The van der Waals surface area contributed by atoms with Crippen LogP contribution in [0, 0.1) is 5.92 Å². The Kier molecular flexibility index (Phi) is 3.79. The quantitative estimate of drug-likeness (QED) is 0.878. The second-order valence-corrected chi connectivity index (χ2v) is 8.41. The third-order valence-corrected chi connectivity index (χ3v) is 7.16. The average molecular weight is 339 g/mol. The second-order valence-electron chi connectivity index (χ2n) is 5.96. The number of ether oxygens (including phenoxy) is 1. The van der Waals surface area contributed by atoms with E-state index >= 15 is 0 Å². The monoisotopic (exact) mass is 339 g/mol. The topological polar surface area (TPSA) is 101 Å². The van der Waals surface area contributed by atoms with Crippen molar-refractivity contribution in [2.75, 3.05) is 18.8 Å². The van der Waals surface area contributed by atoms with E-state index < -0.39 is 32.6 Å². The van der Waals surface area contributed by atoms with Gasteiger partial charge in [0, 0.05) is 13.1 Å². The van der Waals surface area contributed by atoms with Gasteiger partial charge in [-0.05, 0) is 12.0 Å². The Morgan fingerprint density at radius 1 is 1.26 bits per heavy atom. The lowest BCUT2D eigenvalue weighted by Crippen LogP contribution is -2.69. The van der Waals surface area contributed by atoms with Gasteiger partial charge in [-0.1, -0.05) is 30.3 Å². The zero-order valence-electron chi connectivity index (χ0n) is 12.3. The summed E-state index contributed by atoms with van der Waals surface area (Å²) in [5.41, 5.74) is 0.827. The van der Waals surface area contributed by atoms with Crippen molar-refractivity contribution < 1.29 is 27.9 Å². The summed E-state index contributed by atoms with van der Waals surface area (Å²) in [6.45, 7) is -0.127. The number of carboxylic acids is 1. The standard InChI is InChI=1S/C15H17NO6S/c17-13(18)12-6-7-23(20,21)15(12)9-16(10-15)14(19)22-8-11-4-2-1-3-5-11/h1-5,12H,6-10H2,(H,17,18). The first kappa shape index (κ1) is 15.8. The number of amides is 1. The highest BCUT2D eigenvalue weighted by Crippen LogP contribution is 2.45. The number of hydrogen-bond acceptors (Lipinski definition) is 5. The molecule has 1 aromatic rings. The molecule has 0 saturated carbocycles. The molecule has 1 unspecified atom stereocenters. The fourth-order valence-corrected chi connectivity index (χ4v) is 5.57. The fourth-order valence-electron chi connectivity index (χ4n) is 3.26. The summed E-state index contributed by atoms with van der Waals surface area (Å²) in [5.74, 6) is -2.22. The number of aliphatic carboxylic acids is 1. The smallest absolute Gasteiger partial charge is 0.410 e. The summed E-state index contributed by atoms with van der Waals surface area (Å²) in [6.07, 6.45) is -0.518. The van der Waals surface area contributed by atoms with Gasteiger partial charge in [-0.25, -0.2) is 13.2 Å². The molecular weight excluding hydrogens is 322 g/mol. The van der Waals surface area contributed by atoms with Gasteiger partial charge in [-0.2, -0.15) is 0 Å². The maximum atomic E-state index is 12.2. The van der Waals surface area contributed by atoms with Gasteiger partial charge < -0.3 is 14.7 Å². The van der Waals surface area contributed by atoms with Crippen molar-refractivity contribution in [3.05, 3.63) is 35.9 Å². The molecule has 8 heteroatoms. The molecule has 1 N–H and O–H groups in total. The van der Waals surface area contributed by atoms with Gasteiger partial charge in [0.15, 0.2) is 9.84 Å². The number of nitrogens with zero attached hydrogens (tertiary/aromatic N) is 1. The highest BCUT2D eigenvalue weighted by Gasteiger charge is 2.65. The van der Waals surface area contributed by atoms with Crippen LogP contribution in [0.1, 0.15) is 12.0 Å². The lowest BCUT2D eigenvalue weighted by Gasteiger charge is -2.47. The van der Waals surface area contributed by atoms with Gasteiger partial charge in [0.1, 0.15) is 11.4 Å². The lowest BCUT2D eigenvalue weighted by atomic mass is 9.83. The van der Waals surface area contributed by atoms with E-state index in [2.05, 4.69) is 0 Å². The van der Waals surface area contributed by atoms with Crippen LogP contribution in [-0.4, -0.2) is 54.1 Å². The van der Waals surface area contributed by atoms with Crippen molar-refractivity contribution in [1.29, 1.82) is 0 Å². The molecule has 0 aliphatic carbocycles. The van der Waals surface area contributed by atoms with Gasteiger partial charge in [-0.15, -0.1) is 0 Å². The molecule has 0 aromatic heterocycles. The van der Waals surface area contributed by atoms with Gasteiger partial charge in [-0.3, -0.25) is 4.79 Å². The highest BCUT2D eigenvalue weighted by molar-refractivity contribution is 7.93. The van der Waals surface area contributed by atoms with Crippen LogP contribution in [-0.2, 0) is 26.0 Å². The molecule has 23 heavy (non-hydrogen) atoms. The number of carbonyl (C=O) groups is 2. The van der Waals surface area contributed by atoms with Crippen molar-refractivity contribution in [1.82, 2.24) is 4.90 Å². The summed E-state index contributed by atoms with van der Waals surface area (Å²) < 4.78 is 28.2. The normalized spacial score (nSPS) is 24.2. The Bertz CT molecular complexity index is 724. The molecule has 7 nitrogen and oxygen atoms in total. The van der Waals surface area contributed by atoms with Crippen molar-refractivity contribution in [2.24, 2.45) is 5.92 Å². The summed E-state index contributed by atoms with van der Waals surface area (Å²) in [7, 11) is -3.51. The van der Waals surface area contributed by atoms with E-state index in [9.17, 15) is 23.1 Å². The Balaban J connectivity index is 1.63. The van der Waals surface area contributed by atoms with E-state index in [0.717, 1.165) is 5.56 Å². The van der Waals surface area contributed by atoms with Gasteiger partial charge in [0.25, 0.3) is 0 Å². The van der Waals surface area contributed by atoms with Crippen LogP contribution < -0.4 is 0 Å². The largest absolute Gasteiger partial charge is 0.481 e. The van der Waals surface area contributed by atoms with Crippen molar-refractivity contribution >= 4 is 21.9 Å². The molecule has 1 atom stereocenters. The van der Waals surface area contributed by atoms with E-state index in [1.807, 2.05) is 30.3 Å². The van der Waals surface area contributed by atoms with Crippen molar-refractivity contribution in [2.45, 2.75) is 17.8 Å². The first-order valence-corrected chi connectivity index (χ1v) is 8.92. The third-order valence-electron chi connectivity index (χ3n) is 4.61. The number of hydrogen-bond donors (Lipinski definition) is 1. The van der Waals surface area contributed by atoms with Crippen LogP contribution in [0.25, 0.3) is 0 Å². The van der Waals surface area contributed by atoms with Crippen LogP contribution in [0.5, 0.6) is 0 Å². The molecule has 1 spiro atoms. The fraction of sp³-hybridized carbons (Fsp3) is 0.467. The first-order chi connectivity index (χ1) is 10.9. The number of likely N-dealkylation sites (tertiary alicyclic amines) is 1. The van der Waals surface area contributed by atoms with Gasteiger partial charge in [0.2, 0.25) is 0 Å². The number of carbonyl (C=O) groups excluding carboxylic acids is 1. The van der Waals surface area contributed by atoms with Crippen molar-refractivity contribution in [3.63, 3.8) is 0 Å². The van der Waals surface area contributed by atoms with Crippen LogP contribution in [0.15, 0.2) is 30.3 Å². The van der Waals surface area contributed by atoms with E-state index in [4.69, 9.17) is 4.74 Å². The van der Waals surface area contributed by atoms with E-state index in [1.165, 1.54) is 4.90 Å². The number of carboxylic acid groups (broad SMARTS) is 1. The van der Waals surface area contributed by atoms with Crippen LogP contribution in [0.4, 0.5) is 4.79 Å². The van der Waals surface area contributed by atoms with E-state index in [1.54, 1.807) is 0 Å². The maximum absolute atomic E-state index is 12.2. The molecule has 2 aliphatic rings. The highest BCUT2D eigenvalue weighted by atomic mass is 32.2. The minimum atomic E-state index is -3.51. The second kappa shape index (κ2) is 5.52. The van der Waals surface area contributed by atoms with Gasteiger partial charge in [0.05, 0.1) is 11.7 Å². The minimum Gasteiger partial charge on any atom is -0.481 e. The summed E-state index contributed by atoms with van der Waals surface area (Å²) in [5, 5.41) is 9.22. The van der Waals surface area contributed by atoms with Crippen LogP contribution >= 0.6 is 0 Å². The predicted octanol–water partition coefficient (Wildman–Crippen LogP) is 0.897. The molecule has 2 saturated heterocycles. The molecule has 1 aromatic carbocycles. The average Bonchev–Trinajstić information content (AvgIpc) is 2.75. The Morgan fingerprint density at radius 3 is 2.52 bits per heavy atom. The zero-order chi connectivity index (χ0) is 16.7. The van der Waals surface area contributed by atoms with E-state index in [-0.39, 0.29) is 31.9 Å². The minimum absolute atomic E-state index is 0.0955. The molecule has 0 bridgehead atoms. The molecule has 0 radical (unpaired) electrons. The Morgan fingerprint density at radius 2 is 1.91 bits per heavy atom. The van der Waals surface area contributed by atoms with E-state index in [0.29, 0.717) is 0 Å². The number of sulfone groups is 1. The summed E-state index contributed by atoms with van der Waals surface area (Å²) >= 11 is 0. The van der Waals surface area contributed by atoms with Crippen LogP contribution in [0.2, 0.25) is 0 Å². The summed E-state index contributed by atoms with van der Waals surface area (Å²) in [6, 6.07) is 9.12. The molecule has 2 fully saturated rings. The Hall–Kier alpha value is -2.09. The SMILES string of the molecule is O=C(O)C1CCS(=O)(=O)C12CN(C(=O)OCc1ccccc1)C2. The molecular formula is C15H17NO6S. The molecule has 3 rings (SSSR count). The number of rotatable bonds is 3. The molecule has 1 amide bonds. The zero-order valence-corrected chi connectivity index (χ0v) is 13.2.